The second-order valence-corrected chi connectivity index (χ2v) is 7.08. The van der Waals surface area contributed by atoms with Crippen LogP contribution in [0.15, 0.2) is 0 Å². The third-order valence-electron chi connectivity index (χ3n) is 1.99. The molecule has 0 aromatic rings. The molecule has 1 nitrogen and oxygen atoms in total. The van der Waals surface area contributed by atoms with Crippen molar-refractivity contribution in [2.45, 2.75) is 32.5 Å². The molecule has 0 N–H and O–H groups in total. The van der Waals surface area contributed by atoms with E-state index in [4.69, 9.17) is 4.43 Å². The minimum absolute atomic E-state index is 1.17. The first kappa shape index (κ1) is 8.18. The quantitative estimate of drug-likeness (QED) is 0.535. The molecule has 0 aromatic heterocycles. The van der Waals surface area contributed by atoms with Crippen molar-refractivity contribution >= 4 is 8.32 Å². The van der Waals surface area contributed by atoms with Crippen molar-refractivity contribution in [2.75, 3.05) is 7.11 Å². The summed E-state index contributed by atoms with van der Waals surface area (Å²) in [6.45, 7) is 6.69. The van der Waals surface area contributed by atoms with E-state index < -0.39 is 8.32 Å². The third kappa shape index (κ3) is 1.97. The maximum Gasteiger partial charge on any atom is 0.188 e. The lowest BCUT2D eigenvalue weighted by atomic mass is 10.9. The van der Waals surface area contributed by atoms with E-state index in [0.29, 0.717) is 0 Å². The lowest BCUT2D eigenvalue weighted by Gasteiger charge is -2.20. The summed E-state index contributed by atoms with van der Waals surface area (Å²) in [4.78, 5) is 0. The highest BCUT2D eigenvalue weighted by atomic mass is 28.4. The molecule has 0 fully saturated rings. The Bertz CT molecular complexity index is 51.3. The molecule has 0 spiro atoms. The van der Waals surface area contributed by atoms with E-state index in [2.05, 4.69) is 20.4 Å². The van der Waals surface area contributed by atoms with Crippen molar-refractivity contribution < 1.29 is 4.43 Å². The van der Waals surface area contributed by atoms with Crippen molar-refractivity contribution in [3.8, 4) is 0 Å². The van der Waals surface area contributed by atoms with Gasteiger partial charge >= 0.3 is 0 Å². The zero-order chi connectivity index (χ0) is 6.62. The van der Waals surface area contributed by atoms with Crippen molar-refractivity contribution in [3.63, 3.8) is 0 Å². The minimum Gasteiger partial charge on any atom is -0.420 e. The Balaban J connectivity index is 3.58. The highest BCUT2D eigenvalue weighted by Gasteiger charge is 2.21. The molecule has 0 saturated heterocycles. The van der Waals surface area contributed by atoms with Crippen LogP contribution in [0.25, 0.3) is 0 Å². The smallest absolute Gasteiger partial charge is 0.188 e. The minimum atomic E-state index is -1.17. The molecule has 0 aliphatic rings. The molecule has 2 heteroatoms. The van der Waals surface area contributed by atoms with E-state index in [9.17, 15) is 0 Å². The Hall–Kier alpha value is 0.177. The van der Waals surface area contributed by atoms with Gasteiger partial charge < -0.3 is 4.43 Å². The molecule has 0 heterocycles. The summed E-state index contributed by atoms with van der Waals surface area (Å²) in [6, 6.07) is 2.47. The predicted molar refractivity (Wildman–Crippen MR) is 39.6 cm³/mol. The standard InChI is InChI=1S/C6H16OSi/c1-5-8(4,6-2)7-3/h5-6H2,1-4H3. The van der Waals surface area contributed by atoms with E-state index in [-0.39, 0.29) is 0 Å². The molecular weight excluding hydrogens is 116 g/mol. The monoisotopic (exact) mass is 132 g/mol. The topological polar surface area (TPSA) is 9.23 Å². The van der Waals surface area contributed by atoms with Crippen LogP contribution in [-0.4, -0.2) is 15.4 Å². The molecule has 0 rings (SSSR count). The summed E-state index contributed by atoms with van der Waals surface area (Å²) in [5, 5.41) is 0. The highest BCUT2D eigenvalue weighted by Crippen LogP contribution is 2.13. The van der Waals surface area contributed by atoms with Gasteiger partial charge in [0.05, 0.1) is 0 Å². The van der Waals surface area contributed by atoms with Crippen LogP contribution in [0.5, 0.6) is 0 Å². The maximum atomic E-state index is 5.38. The summed E-state index contributed by atoms with van der Waals surface area (Å²) in [6.07, 6.45) is 0. The van der Waals surface area contributed by atoms with E-state index >= 15 is 0 Å². The molecule has 0 radical (unpaired) electrons. The summed E-state index contributed by atoms with van der Waals surface area (Å²) >= 11 is 0. The lowest BCUT2D eigenvalue weighted by molar-refractivity contribution is 0.399. The molecule has 0 aliphatic heterocycles. The van der Waals surface area contributed by atoms with Gasteiger partial charge in [0.15, 0.2) is 8.32 Å². The Kier molecular flexibility index (Phi) is 3.32. The van der Waals surface area contributed by atoms with Crippen LogP contribution in [0.4, 0.5) is 0 Å². The molecule has 0 aromatic carbocycles. The first-order valence-electron chi connectivity index (χ1n) is 3.23. The summed E-state index contributed by atoms with van der Waals surface area (Å²) < 4.78 is 5.38. The maximum absolute atomic E-state index is 5.38. The average Bonchev–Trinajstić information content (AvgIpc) is 1.87. The van der Waals surface area contributed by atoms with Crippen LogP contribution >= 0.6 is 0 Å². The summed E-state index contributed by atoms with van der Waals surface area (Å²) in [5.74, 6) is 0. The van der Waals surface area contributed by atoms with Crippen LogP contribution in [0, 0.1) is 0 Å². The van der Waals surface area contributed by atoms with Gasteiger partial charge in [-0.05, 0) is 18.6 Å². The average molecular weight is 132 g/mol. The third-order valence-corrected chi connectivity index (χ3v) is 5.97. The van der Waals surface area contributed by atoms with Crippen LogP contribution in [0.1, 0.15) is 13.8 Å². The molecule has 0 atom stereocenters. The Morgan fingerprint density at radius 2 is 1.62 bits per heavy atom. The van der Waals surface area contributed by atoms with Gasteiger partial charge in [-0.1, -0.05) is 13.8 Å². The molecule has 8 heavy (non-hydrogen) atoms. The molecule has 0 aliphatic carbocycles. The van der Waals surface area contributed by atoms with Gasteiger partial charge in [0.25, 0.3) is 0 Å². The van der Waals surface area contributed by atoms with Gasteiger partial charge in [-0.3, -0.25) is 0 Å². The van der Waals surface area contributed by atoms with Crippen LogP contribution in [-0.2, 0) is 4.43 Å². The molecule has 50 valence electrons. The second-order valence-electron chi connectivity index (χ2n) is 2.36. The van der Waals surface area contributed by atoms with E-state index in [0.717, 1.165) is 0 Å². The van der Waals surface area contributed by atoms with Crippen LogP contribution in [0.3, 0.4) is 0 Å². The van der Waals surface area contributed by atoms with Crippen molar-refractivity contribution in [1.82, 2.24) is 0 Å². The lowest BCUT2D eigenvalue weighted by Crippen LogP contribution is -2.30. The first-order chi connectivity index (χ1) is 3.68. The zero-order valence-corrected chi connectivity index (χ0v) is 7.32. The van der Waals surface area contributed by atoms with Crippen molar-refractivity contribution in [2.24, 2.45) is 0 Å². The van der Waals surface area contributed by atoms with Gasteiger partial charge in [0.1, 0.15) is 0 Å². The normalized spacial score (nSPS) is 12.0. The van der Waals surface area contributed by atoms with Gasteiger partial charge in [-0.2, -0.15) is 0 Å². The van der Waals surface area contributed by atoms with Gasteiger partial charge in [0, 0.05) is 7.11 Å². The Morgan fingerprint density at radius 1 is 1.25 bits per heavy atom. The fourth-order valence-electron chi connectivity index (χ4n) is 0.539. The molecule has 0 saturated carbocycles. The van der Waals surface area contributed by atoms with Crippen LogP contribution in [0.2, 0.25) is 18.6 Å². The van der Waals surface area contributed by atoms with Crippen molar-refractivity contribution in [1.29, 1.82) is 0 Å². The molecule has 0 bridgehead atoms. The molecular formula is C6H16OSi. The number of hydrogen-bond acceptors (Lipinski definition) is 1. The fraction of sp³-hybridized carbons (Fsp3) is 1.00. The van der Waals surface area contributed by atoms with Crippen LogP contribution < -0.4 is 0 Å². The highest BCUT2D eigenvalue weighted by molar-refractivity contribution is 6.72. The van der Waals surface area contributed by atoms with Gasteiger partial charge in [0.2, 0.25) is 0 Å². The van der Waals surface area contributed by atoms with Gasteiger partial charge in [-0.15, -0.1) is 0 Å². The van der Waals surface area contributed by atoms with Gasteiger partial charge in [-0.25, -0.2) is 0 Å². The first-order valence-corrected chi connectivity index (χ1v) is 6.06. The second kappa shape index (κ2) is 3.25. The van der Waals surface area contributed by atoms with E-state index in [1.807, 2.05) is 7.11 Å². The van der Waals surface area contributed by atoms with E-state index in [1.165, 1.54) is 12.1 Å². The SMILES string of the molecule is CC[Si](C)(CC)OC. The number of rotatable bonds is 3. The van der Waals surface area contributed by atoms with Crippen molar-refractivity contribution in [3.05, 3.63) is 0 Å². The van der Waals surface area contributed by atoms with E-state index in [1.54, 1.807) is 0 Å². The number of hydrogen-bond donors (Lipinski definition) is 0. The molecule has 0 unspecified atom stereocenters. The summed E-state index contributed by atoms with van der Waals surface area (Å²) in [7, 11) is 0.661. The fourth-order valence-corrected chi connectivity index (χ4v) is 1.62. The molecule has 0 amide bonds. The largest absolute Gasteiger partial charge is 0.420 e. The Morgan fingerprint density at radius 3 is 1.62 bits per heavy atom. The Labute approximate surface area is 53.2 Å². The zero-order valence-electron chi connectivity index (χ0n) is 6.32. The summed E-state index contributed by atoms with van der Waals surface area (Å²) in [5.41, 5.74) is 0. The predicted octanol–water partition coefficient (Wildman–Crippen LogP) is 2.25.